The van der Waals surface area contributed by atoms with Gasteiger partial charge in [-0.15, -0.1) is 0 Å². The fourth-order valence-electron chi connectivity index (χ4n) is 4.68. The topological polar surface area (TPSA) is 42.0 Å². The van der Waals surface area contributed by atoms with Gasteiger partial charge in [0.05, 0.1) is 18.8 Å². The molecule has 2 heterocycles. The van der Waals surface area contributed by atoms with Gasteiger partial charge in [0, 0.05) is 44.2 Å². The van der Waals surface area contributed by atoms with Crippen LogP contribution in [-0.2, 0) is 10.9 Å². The predicted octanol–water partition coefficient (Wildman–Crippen LogP) is 5.01. The number of benzene rings is 2. The van der Waals surface area contributed by atoms with Crippen molar-refractivity contribution in [2.75, 3.05) is 39.4 Å². The van der Waals surface area contributed by atoms with Crippen LogP contribution in [0.15, 0.2) is 36.4 Å². The molecule has 2 aromatic carbocycles. The molecule has 2 atom stereocenters. The lowest BCUT2D eigenvalue weighted by atomic mass is 9.96. The van der Waals surface area contributed by atoms with Crippen molar-refractivity contribution < 1.29 is 27.4 Å². The summed E-state index contributed by atoms with van der Waals surface area (Å²) in [6, 6.07) is 8.77. The molecule has 2 aromatic rings. The first kappa shape index (κ1) is 24.5. The number of ether oxygens (including phenoxy) is 2. The van der Waals surface area contributed by atoms with Crippen molar-refractivity contribution in [3.63, 3.8) is 0 Å². The van der Waals surface area contributed by atoms with Crippen molar-refractivity contribution in [3.05, 3.63) is 64.2 Å². The van der Waals surface area contributed by atoms with Crippen LogP contribution in [0.3, 0.4) is 0 Å². The van der Waals surface area contributed by atoms with Crippen LogP contribution in [0.1, 0.15) is 52.0 Å². The second-order valence-corrected chi connectivity index (χ2v) is 9.09. The van der Waals surface area contributed by atoms with Crippen molar-refractivity contribution in [1.82, 2.24) is 9.80 Å². The maximum Gasteiger partial charge on any atom is 0.416 e. The molecule has 0 unspecified atom stereocenters. The second kappa shape index (κ2) is 9.96. The van der Waals surface area contributed by atoms with Crippen molar-refractivity contribution in [1.29, 1.82) is 0 Å². The second-order valence-electron chi connectivity index (χ2n) is 9.09. The van der Waals surface area contributed by atoms with E-state index in [0.29, 0.717) is 32.8 Å². The van der Waals surface area contributed by atoms with Crippen LogP contribution in [0.5, 0.6) is 5.75 Å². The Labute approximate surface area is 198 Å². The number of alkyl halides is 3. The highest BCUT2D eigenvalue weighted by molar-refractivity contribution is 5.94. The number of nitrogens with zero attached hydrogens (tertiary/aromatic N) is 2. The molecule has 2 aliphatic rings. The molecule has 1 amide bonds. The summed E-state index contributed by atoms with van der Waals surface area (Å²) < 4.78 is 49.9. The molecule has 184 valence electrons. The summed E-state index contributed by atoms with van der Waals surface area (Å²) >= 11 is 0. The van der Waals surface area contributed by atoms with Gasteiger partial charge in [0.15, 0.2) is 0 Å². The highest BCUT2D eigenvalue weighted by Crippen LogP contribution is 2.33. The number of amides is 1. The van der Waals surface area contributed by atoms with Gasteiger partial charge < -0.3 is 14.4 Å². The van der Waals surface area contributed by atoms with Gasteiger partial charge in [-0.1, -0.05) is 6.07 Å². The van der Waals surface area contributed by atoms with E-state index in [-0.39, 0.29) is 23.6 Å². The monoisotopic (exact) mass is 476 g/mol. The molecule has 8 heteroatoms. The fourth-order valence-corrected chi connectivity index (χ4v) is 4.68. The van der Waals surface area contributed by atoms with Crippen LogP contribution in [0, 0.1) is 13.8 Å². The minimum atomic E-state index is -4.41. The molecular formula is C26H31F3N2O3. The van der Waals surface area contributed by atoms with Crippen LogP contribution >= 0.6 is 0 Å². The van der Waals surface area contributed by atoms with E-state index in [0.717, 1.165) is 36.5 Å². The number of carbonyl (C=O) groups excluding carboxylic acids is 1. The van der Waals surface area contributed by atoms with Crippen molar-refractivity contribution in [2.24, 2.45) is 0 Å². The number of hydrogen-bond acceptors (Lipinski definition) is 4. The standard InChI is InChI=1S/C26H31F3N2O3/c1-17-18(2)24(34-22-10-15-33-16-22)9-8-23(17)19(3)30-11-13-31(14-12-30)25(32)20-4-6-21(7-5-20)26(27,28)29/h4-9,19,22H,10-16H2,1-3H3/t19-,22+/m1/s1. The highest BCUT2D eigenvalue weighted by atomic mass is 19.4. The van der Waals surface area contributed by atoms with Gasteiger partial charge in [-0.25, -0.2) is 0 Å². The third-order valence-corrected chi connectivity index (χ3v) is 7.02. The molecule has 0 N–H and O–H groups in total. The Bertz CT molecular complexity index is 1010. The van der Waals surface area contributed by atoms with Crippen molar-refractivity contribution in [2.45, 2.75) is 45.5 Å². The zero-order chi connectivity index (χ0) is 24.5. The molecule has 34 heavy (non-hydrogen) atoms. The number of piperazine rings is 1. The van der Waals surface area contributed by atoms with Gasteiger partial charge >= 0.3 is 6.18 Å². The number of halogens is 3. The Morgan fingerprint density at radius 3 is 2.29 bits per heavy atom. The highest BCUT2D eigenvalue weighted by Gasteiger charge is 2.31. The summed E-state index contributed by atoms with van der Waals surface area (Å²) in [5, 5.41) is 0. The zero-order valence-corrected chi connectivity index (χ0v) is 19.8. The van der Waals surface area contributed by atoms with Crippen LogP contribution in [0.4, 0.5) is 13.2 Å². The Morgan fingerprint density at radius 1 is 1.03 bits per heavy atom. The first-order valence-corrected chi connectivity index (χ1v) is 11.7. The summed E-state index contributed by atoms with van der Waals surface area (Å²) in [7, 11) is 0. The summed E-state index contributed by atoms with van der Waals surface area (Å²) in [6.07, 6.45) is -3.39. The molecule has 5 nitrogen and oxygen atoms in total. The van der Waals surface area contributed by atoms with Crippen molar-refractivity contribution >= 4 is 5.91 Å². The third kappa shape index (κ3) is 5.23. The van der Waals surface area contributed by atoms with E-state index in [1.807, 2.05) is 6.07 Å². The maximum absolute atomic E-state index is 12.8. The van der Waals surface area contributed by atoms with E-state index < -0.39 is 11.7 Å². The number of carbonyl (C=O) groups is 1. The molecule has 4 rings (SSSR count). The lowest BCUT2D eigenvalue weighted by Crippen LogP contribution is -2.49. The van der Waals surface area contributed by atoms with Crippen molar-refractivity contribution in [3.8, 4) is 5.75 Å². The Morgan fingerprint density at radius 2 is 1.71 bits per heavy atom. The van der Waals surface area contributed by atoms with E-state index in [9.17, 15) is 18.0 Å². The molecular weight excluding hydrogens is 445 g/mol. The molecule has 2 aliphatic heterocycles. The van der Waals surface area contributed by atoms with Gasteiger partial charge in [-0.05, 0) is 67.8 Å². The molecule has 0 saturated carbocycles. The molecule has 2 saturated heterocycles. The molecule has 0 aliphatic carbocycles. The largest absolute Gasteiger partial charge is 0.488 e. The SMILES string of the molecule is Cc1c(O[C@H]2CCOC2)ccc([C@@H](C)N2CCN(C(=O)c3ccc(C(F)(F)F)cc3)CC2)c1C. The Balaban J connectivity index is 1.37. The summed E-state index contributed by atoms with van der Waals surface area (Å²) in [5.41, 5.74) is 3.10. The van der Waals surface area contributed by atoms with Gasteiger partial charge in [0.1, 0.15) is 11.9 Å². The molecule has 0 aromatic heterocycles. The molecule has 0 bridgehead atoms. The van der Waals surface area contributed by atoms with E-state index in [2.05, 4.69) is 31.7 Å². The maximum atomic E-state index is 12.8. The van der Waals surface area contributed by atoms with Crippen LogP contribution in [-0.4, -0.2) is 61.2 Å². The number of rotatable bonds is 5. The van der Waals surface area contributed by atoms with E-state index in [4.69, 9.17) is 9.47 Å². The lowest BCUT2D eigenvalue weighted by molar-refractivity contribution is -0.137. The Kier molecular flexibility index (Phi) is 7.19. The zero-order valence-electron chi connectivity index (χ0n) is 19.8. The summed E-state index contributed by atoms with van der Waals surface area (Å²) in [6.45, 7) is 10.2. The molecule has 0 spiro atoms. The minimum Gasteiger partial charge on any atom is -0.488 e. The normalized spacial score (nSPS) is 20.4. The van der Waals surface area contributed by atoms with Crippen LogP contribution < -0.4 is 4.74 Å². The first-order chi connectivity index (χ1) is 16.1. The summed E-state index contributed by atoms with van der Waals surface area (Å²) in [4.78, 5) is 16.8. The number of hydrogen-bond donors (Lipinski definition) is 0. The van der Waals surface area contributed by atoms with E-state index >= 15 is 0 Å². The summed E-state index contributed by atoms with van der Waals surface area (Å²) in [5.74, 6) is 0.668. The predicted molar refractivity (Wildman–Crippen MR) is 123 cm³/mol. The third-order valence-electron chi connectivity index (χ3n) is 7.02. The fraction of sp³-hybridized carbons (Fsp3) is 0.500. The minimum absolute atomic E-state index is 0.108. The van der Waals surface area contributed by atoms with E-state index in [1.54, 1.807) is 4.90 Å². The van der Waals surface area contributed by atoms with Gasteiger partial charge in [0.2, 0.25) is 0 Å². The van der Waals surface area contributed by atoms with Gasteiger partial charge in [0.25, 0.3) is 5.91 Å². The quantitative estimate of drug-likeness (QED) is 0.609. The van der Waals surface area contributed by atoms with Crippen LogP contribution in [0.25, 0.3) is 0 Å². The lowest BCUT2D eigenvalue weighted by Gasteiger charge is -2.39. The smallest absolute Gasteiger partial charge is 0.416 e. The average molecular weight is 477 g/mol. The van der Waals surface area contributed by atoms with Gasteiger partial charge in [-0.3, -0.25) is 9.69 Å². The van der Waals surface area contributed by atoms with Crippen LogP contribution in [0.2, 0.25) is 0 Å². The molecule has 2 fully saturated rings. The Hall–Kier alpha value is -2.58. The average Bonchev–Trinajstić information content (AvgIpc) is 3.34. The molecule has 0 radical (unpaired) electrons. The van der Waals surface area contributed by atoms with Gasteiger partial charge in [-0.2, -0.15) is 13.2 Å². The first-order valence-electron chi connectivity index (χ1n) is 11.7. The van der Waals surface area contributed by atoms with E-state index in [1.165, 1.54) is 23.3 Å².